The highest BCUT2D eigenvalue weighted by Gasteiger charge is 2.27. The molecule has 1 atom stereocenters. The predicted octanol–water partition coefficient (Wildman–Crippen LogP) is 3.22. The van der Waals surface area contributed by atoms with Crippen molar-refractivity contribution in [3.8, 4) is 0 Å². The third-order valence-corrected chi connectivity index (χ3v) is 4.27. The van der Waals surface area contributed by atoms with Gasteiger partial charge in [0.15, 0.2) is 5.16 Å². The van der Waals surface area contributed by atoms with Crippen molar-refractivity contribution < 1.29 is 9.53 Å². The lowest BCUT2D eigenvalue weighted by atomic mass is 10.0. The summed E-state index contributed by atoms with van der Waals surface area (Å²) in [6.07, 6.45) is 5.47. The van der Waals surface area contributed by atoms with Gasteiger partial charge in [-0.25, -0.2) is 14.8 Å². The van der Waals surface area contributed by atoms with E-state index < -0.39 is 5.60 Å². The molecule has 1 aromatic rings. The van der Waals surface area contributed by atoms with Gasteiger partial charge in [-0.05, 0) is 45.6 Å². The first kappa shape index (κ1) is 16.1. The maximum Gasteiger partial charge on any atom is 0.410 e. The summed E-state index contributed by atoms with van der Waals surface area (Å²) in [7, 11) is 0. The van der Waals surface area contributed by atoms with Crippen LogP contribution in [0.1, 0.15) is 33.6 Å². The van der Waals surface area contributed by atoms with E-state index >= 15 is 0 Å². The van der Waals surface area contributed by atoms with Gasteiger partial charge in [0.25, 0.3) is 0 Å². The zero-order valence-corrected chi connectivity index (χ0v) is 13.7. The van der Waals surface area contributed by atoms with Gasteiger partial charge in [0, 0.05) is 31.2 Å². The van der Waals surface area contributed by atoms with E-state index in [1.54, 1.807) is 24.2 Å². The largest absolute Gasteiger partial charge is 0.444 e. The minimum atomic E-state index is -0.434. The molecular weight excluding hydrogens is 286 g/mol. The number of thioether (sulfide) groups is 1. The molecule has 116 valence electrons. The fraction of sp³-hybridized carbons (Fsp3) is 0.667. The third kappa shape index (κ3) is 5.53. The van der Waals surface area contributed by atoms with E-state index in [0.29, 0.717) is 5.92 Å². The Balaban J connectivity index is 1.82. The van der Waals surface area contributed by atoms with Crippen LogP contribution in [0.15, 0.2) is 23.6 Å². The molecule has 21 heavy (non-hydrogen) atoms. The summed E-state index contributed by atoms with van der Waals surface area (Å²) in [5.74, 6) is 1.41. The van der Waals surface area contributed by atoms with Gasteiger partial charge in [0.2, 0.25) is 0 Å². The van der Waals surface area contributed by atoms with E-state index in [0.717, 1.165) is 36.8 Å². The summed E-state index contributed by atoms with van der Waals surface area (Å²) in [6, 6.07) is 1.81. The van der Waals surface area contributed by atoms with Crippen LogP contribution in [-0.2, 0) is 4.74 Å². The zero-order valence-electron chi connectivity index (χ0n) is 12.9. The van der Waals surface area contributed by atoms with E-state index in [2.05, 4.69) is 9.97 Å². The summed E-state index contributed by atoms with van der Waals surface area (Å²) in [5, 5.41) is 0.798. The van der Waals surface area contributed by atoms with Crippen LogP contribution in [-0.4, -0.2) is 45.4 Å². The fourth-order valence-electron chi connectivity index (χ4n) is 2.25. The summed E-state index contributed by atoms with van der Waals surface area (Å²) < 4.78 is 5.44. The van der Waals surface area contributed by atoms with Crippen LogP contribution in [0, 0.1) is 5.92 Å². The summed E-state index contributed by atoms with van der Waals surface area (Å²) in [6.45, 7) is 7.24. The third-order valence-electron chi connectivity index (χ3n) is 3.16. The number of ether oxygens (including phenoxy) is 1. The first-order valence-electron chi connectivity index (χ1n) is 7.32. The average Bonchev–Trinajstić information content (AvgIpc) is 2.45. The normalized spacial score (nSPS) is 19.4. The molecule has 0 radical (unpaired) electrons. The van der Waals surface area contributed by atoms with Crippen molar-refractivity contribution in [1.29, 1.82) is 0 Å². The smallest absolute Gasteiger partial charge is 0.410 e. The van der Waals surface area contributed by atoms with Crippen LogP contribution < -0.4 is 0 Å². The van der Waals surface area contributed by atoms with E-state index in [-0.39, 0.29) is 6.09 Å². The fourth-order valence-corrected chi connectivity index (χ4v) is 3.17. The van der Waals surface area contributed by atoms with Crippen LogP contribution in [0.5, 0.6) is 0 Å². The average molecular weight is 309 g/mol. The molecule has 2 rings (SSSR count). The number of nitrogens with zero attached hydrogens (tertiary/aromatic N) is 3. The Morgan fingerprint density at radius 3 is 2.81 bits per heavy atom. The second-order valence-corrected chi connectivity index (χ2v) is 7.26. The number of hydrogen-bond donors (Lipinski definition) is 0. The maximum atomic E-state index is 12.1. The highest BCUT2D eigenvalue weighted by Crippen LogP contribution is 2.24. The molecule has 1 aromatic heterocycles. The molecule has 0 aliphatic carbocycles. The zero-order chi connectivity index (χ0) is 15.3. The molecule has 0 aromatic carbocycles. The predicted molar refractivity (Wildman–Crippen MR) is 83.3 cm³/mol. The van der Waals surface area contributed by atoms with Gasteiger partial charge < -0.3 is 9.64 Å². The van der Waals surface area contributed by atoms with Crippen LogP contribution in [0.25, 0.3) is 0 Å². The molecule has 0 saturated carbocycles. The van der Waals surface area contributed by atoms with Gasteiger partial charge in [-0.2, -0.15) is 0 Å². The maximum absolute atomic E-state index is 12.1. The van der Waals surface area contributed by atoms with Gasteiger partial charge >= 0.3 is 6.09 Å². The first-order chi connectivity index (χ1) is 9.94. The Morgan fingerprint density at radius 2 is 2.14 bits per heavy atom. The molecular formula is C15H23N3O2S. The van der Waals surface area contributed by atoms with Crippen molar-refractivity contribution in [2.75, 3.05) is 18.8 Å². The molecule has 1 fully saturated rings. The van der Waals surface area contributed by atoms with E-state index in [1.807, 2.05) is 31.7 Å². The highest BCUT2D eigenvalue weighted by atomic mass is 32.2. The lowest BCUT2D eigenvalue weighted by Crippen LogP contribution is -2.43. The number of rotatable bonds is 3. The van der Waals surface area contributed by atoms with Crippen molar-refractivity contribution in [2.45, 2.75) is 44.4 Å². The van der Waals surface area contributed by atoms with Gasteiger partial charge in [-0.1, -0.05) is 11.8 Å². The molecule has 1 unspecified atom stereocenters. The van der Waals surface area contributed by atoms with Crippen molar-refractivity contribution in [3.05, 3.63) is 18.5 Å². The minimum Gasteiger partial charge on any atom is -0.444 e. The van der Waals surface area contributed by atoms with Gasteiger partial charge in [-0.3, -0.25) is 0 Å². The van der Waals surface area contributed by atoms with Crippen molar-refractivity contribution >= 4 is 17.9 Å². The number of hydrogen-bond acceptors (Lipinski definition) is 5. The second kappa shape index (κ2) is 7.11. The lowest BCUT2D eigenvalue weighted by Gasteiger charge is -2.33. The standard InChI is InChI=1S/C15H23N3O2S/c1-15(2,3)20-14(19)18-9-4-6-12(10-18)11-21-13-16-7-5-8-17-13/h5,7-8,12H,4,6,9-11H2,1-3H3. The van der Waals surface area contributed by atoms with E-state index in [4.69, 9.17) is 4.74 Å². The quantitative estimate of drug-likeness (QED) is 0.634. The van der Waals surface area contributed by atoms with E-state index in [1.165, 1.54) is 0 Å². The summed E-state index contributed by atoms with van der Waals surface area (Å²) >= 11 is 1.65. The Labute approximate surface area is 130 Å². The molecule has 0 N–H and O–H groups in total. The number of carbonyl (C=O) groups is 1. The number of carbonyl (C=O) groups excluding carboxylic acids is 1. The summed E-state index contributed by atoms with van der Waals surface area (Å²) in [4.78, 5) is 22.4. The number of amides is 1. The number of aromatic nitrogens is 2. The van der Waals surface area contributed by atoms with Gasteiger partial charge in [-0.15, -0.1) is 0 Å². The molecule has 5 nitrogen and oxygen atoms in total. The van der Waals surface area contributed by atoms with Crippen molar-refractivity contribution in [1.82, 2.24) is 14.9 Å². The van der Waals surface area contributed by atoms with E-state index in [9.17, 15) is 4.79 Å². The van der Waals surface area contributed by atoms with Crippen molar-refractivity contribution in [2.24, 2.45) is 5.92 Å². The Bertz CT molecular complexity index is 462. The molecule has 1 aliphatic heterocycles. The number of likely N-dealkylation sites (tertiary alicyclic amines) is 1. The summed E-state index contributed by atoms with van der Waals surface area (Å²) in [5.41, 5.74) is -0.434. The molecule has 0 bridgehead atoms. The Morgan fingerprint density at radius 1 is 1.43 bits per heavy atom. The van der Waals surface area contributed by atoms with Crippen LogP contribution in [0.4, 0.5) is 4.79 Å². The van der Waals surface area contributed by atoms with Gasteiger partial charge in [0.1, 0.15) is 5.60 Å². The molecule has 1 amide bonds. The SMILES string of the molecule is CC(C)(C)OC(=O)N1CCCC(CSc2ncccn2)C1. The Kier molecular flexibility index (Phi) is 5.45. The monoisotopic (exact) mass is 309 g/mol. The number of piperidine rings is 1. The van der Waals surface area contributed by atoms with Crippen LogP contribution >= 0.6 is 11.8 Å². The van der Waals surface area contributed by atoms with Crippen LogP contribution in [0.2, 0.25) is 0 Å². The van der Waals surface area contributed by atoms with Crippen molar-refractivity contribution in [3.63, 3.8) is 0 Å². The minimum absolute atomic E-state index is 0.201. The molecule has 6 heteroatoms. The second-order valence-electron chi connectivity index (χ2n) is 6.28. The highest BCUT2D eigenvalue weighted by molar-refractivity contribution is 7.99. The van der Waals surface area contributed by atoms with Crippen LogP contribution in [0.3, 0.4) is 0 Å². The molecule has 2 heterocycles. The molecule has 1 saturated heterocycles. The van der Waals surface area contributed by atoms with Gasteiger partial charge in [0.05, 0.1) is 0 Å². The topological polar surface area (TPSA) is 55.3 Å². The molecule has 1 aliphatic rings. The molecule has 0 spiro atoms. The first-order valence-corrected chi connectivity index (χ1v) is 8.30. The lowest BCUT2D eigenvalue weighted by molar-refractivity contribution is 0.0177. The Hall–Kier alpha value is -1.30.